The number of aromatic nitrogens is 3. The number of phosphoric ester groups is 1. The van der Waals surface area contributed by atoms with Gasteiger partial charge >= 0.3 is 15.6 Å². The number of thiazole rings is 1. The van der Waals surface area contributed by atoms with Crippen LogP contribution in [0.3, 0.4) is 0 Å². The van der Waals surface area contributed by atoms with Crippen LogP contribution < -0.4 is 10.3 Å². The minimum atomic E-state index is -5.18. The van der Waals surface area contributed by atoms with Gasteiger partial charge in [-0.1, -0.05) is 31.6 Å². The van der Waals surface area contributed by atoms with Gasteiger partial charge in [-0.15, -0.1) is 0 Å². The van der Waals surface area contributed by atoms with Gasteiger partial charge in [0.2, 0.25) is 0 Å². The van der Waals surface area contributed by atoms with Crippen molar-refractivity contribution in [2.75, 3.05) is 12.3 Å². The topological polar surface area (TPSA) is 189 Å². The fraction of sp³-hybridized carbons (Fsp3) is 0.588. The molecule has 32 heavy (non-hydrogen) atoms. The zero-order chi connectivity index (χ0) is 24.3. The summed E-state index contributed by atoms with van der Waals surface area (Å²) in [6, 6.07) is 0. The summed E-state index contributed by atoms with van der Waals surface area (Å²) in [6.07, 6.45) is 1.77. The van der Waals surface area contributed by atoms with Crippen molar-refractivity contribution in [1.29, 1.82) is 0 Å². The van der Waals surface area contributed by atoms with Crippen LogP contribution in [0.4, 0.5) is 5.82 Å². The molecule has 3 unspecified atom stereocenters. The molecule has 0 aliphatic carbocycles. The standard InChI is InChI=1S/C17H28N4O8P2S/c1-5-10(2)15(22)17-21(9-13-8-19-12(4)20-16(13)18)11(3)14(32-17)6-7-28-31(26,27)29-30(23,24)25/h8,10,15,22H,5-7,9H2,1-4H3,(H4-,18,19,20,23,24,25,26,27)/p+1. The summed E-state index contributed by atoms with van der Waals surface area (Å²) in [4.78, 5) is 36.0. The third-order valence-corrected chi connectivity index (χ3v) is 8.48. The number of nitrogens with zero attached hydrogens (tertiary/aromatic N) is 3. The van der Waals surface area contributed by atoms with Crippen LogP contribution in [0.25, 0.3) is 0 Å². The maximum absolute atomic E-state index is 11.7. The van der Waals surface area contributed by atoms with E-state index >= 15 is 0 Å². The smallest absolute Gasteiger partial charge is 0.383 e. The van der Waals surface area contributed by atoms with Gasteiger partial charge in [0.15, 0.2) is 18.3 Å². The molecule has 0 aliphatic heterocycles. The molecule has 180 valence electrons. The molecule has 0 fully saturated rings. The molecule has 0 aromatic carbocycles. The Bertz CT molecular complexity index is 1040. The Labute approximate surface area is 189 Å². The molecule has 0 bridgehead atoms. The largest absolute Gasteiger partial charge is 0.481 e. The molecule has 0 saturated carbocycles. The van der Waals surface area contributed by atoms with Crippen LogP contribution in [0.15, 0.2) is 6.20 Å². The lowest BCUT2D eigenvalue weighted by atomic mass is 10.0. The normalized spacial score (nSPS) is 16.0. The second-order valence-corrected chi connectivity index (χ2v) is 11.3. The molecule has 2 aromatic rings. The molecule has 0 saturated heterocycles. The first-order valence-electron chi connectivity index (χ1n) is 9.76. The lowest BCUT2D eigenvalue weighted by Gasteiger charge is -2.13. The summed E-state index contributed by atoms with van der Waals surface area (Å²) >= 11 is 1.32. The molecule has 15 heteroatoms. The monoisotopic (exact) mass is 511 g/mol. The van der Waals surface area contributed by atoms with Crippen molar-refractivity contribution in [3.8, 4) is 0 Å². The average Bonchev–Trinajstić information content (AvgIpc) is 2.96. The minimum absolute atomic E-state index is 0.0238. The molecule has 2 heterocycles. The molecule has 6 N–H and O–H groups in total. The van der Waals surface area contributed by atoms with Gasteiger partial charge in [-0.2, -0.15) is 8.88 Å². The van der Waals surface area contributed by atoms with Crippen molar-refractivity contribution in [3.63, 3.8) is 0 Å². The van der Waals surface area contributed by atoms with Crippen LogP contribution in [-0.2, 0) is 30.9 Å². The Morgan fingerprint density at radius 2 is 1.94 bits per heavy atom. The van der Waals surface area contributed by atoms with E-state index in [4.69, 9.17) is 15.5 Å². The summed E-state index contributed by atoms with van der Waals surface area (Å²) in [6.45, 7) is 7.45. The minimum Gasteiger partial charge on any atom is -0.383 e. The van der Waals surface area contributed by atoms with Gasteiger partial charge in [0.1, 0.15) is 11.6 Å². The van der Waals surface area contributed by atoms with E-state index in [1.807, 2.05) is 25.3 Å². The van der Waals surface area contributed by atoms with Crippen LogP contribution in [0.1, 0.15) is 53.3 Å². The molecule has 2 aromatic heterocycles. The highest BCUT2D eigenvalue weighted by Gasteiger charge is 2.34. The summed E-state index contributed by atoms with van der Waals surface area (Å²) in [5.41, 5.74) is 7.49. The van der Waals surface area contributed by atoms with Crippen molar-refractivity contribution in [3.05, 3.63) is 33.2 Å². The number of aryl methyl sites for hydroxylation is 1. The summed E-state index contributed by atoms with van der Waals surface area (Å²) in [5, 5.41) is 11.6. The molecule has 2 rings (SSSR count). The molecule has 3 atom stereocenters. The van der Waals surface area contributed by atoms with E-state index in [1.165, 1.54) is 11.3 Å². The SMILES string of the molecule is CCC(C)C(O)c1sc(CCOP(=O)(O)OP(=O)(O)O)c(C)[n+]1Cc1cnc(C)nc1N. The van der Waals surface area contributed by atoms with Gasteiger partial charge in [0.25, 0.3) is 5.01 Å². The van der Waals surface area contributed by atoms with Gasteiger partial charge in [-0.25, -0.2) is 19.1 Å². The van der Waals surface area contributed by atoms with E-state index in [-0.39, 0.29) is 18.9 Å². The number of nitrogens with two attached hydrogens (primary N) is 1. The lowest BCUT2D eigenvalue weighted by molar-refractivity contribution is -0.700. The second kappa shape index (κ2) is 10.8. The first kappa shape index (κ1) is 27.0. The number of aliphatic hydroxyl groups excluding tert-OH is 1. The summed E-state index contributed by atoms with van der Waals surface area (Å²) in [7, 11) is -10.1. The molecular weight excluding hydrogens is 482 g/mol. The van der Waals surface area contributed by atoms with E-state index < -0.39 is 21.7 Å². The van der Waals surface area contributed by atoms with Gasteiger partial charge in [0.05, 0.1) is 17.0 Å². The quantitative estimate of drug-likeness (QED) is 0.219. The maximum atomic E-state index is 11.7. The number of nitrogen functional groups attached to an aromatic ring is 1. The number of hydrogen-bond donors (Lipinski definition) is 5. The molecule has 0 spiro atoms. The summed E-state index contributed by atoms with van der Waals surface area (Å²) < 4.78 is 32.8. The highest BCUT2D eigenvalue weighted by atomic mass is 32.1. The third-order valence-electron chi connectivity index (χ3n) is 4.88. The first-order valence-corrected chi connectivity index (χ1v) is 13.6. The van der Waals surface area contributed by atoms with E-state index in [0.29, 0.717) is 28.8 Å². The van der Waals surface area contributed by atoms with Crippen molar-refractivity contribution in [1.82, 2.24) is 9.97 Å². The molecule has 0 amide bonds. The van der Waals surface area contributed by atoms with Gasteiger partial charge < -0.3 is 25.5 Å². The highest BCUT2D eigenvalue weighted by Crippen LogP contribution is 2.57. The molecule has 12 nitrogen and oxygen atoms in total. The Kier molecular flexibility index (Phi) is 9.08. The predicted octanol–water partition coefficient (Wildman–Crippen LogP) is 1.92. The zero-order valence-electron chi connectivity index (χ0n) is 18.2. The van der Waals surface area contributed by atoms with Gasteiger partial charge in [0, 0.05) is 19.5 Å². The fourth-order valence-corrected chi connectivity index (χ4v) is 5.85. The van der Waals surface area contributed by atoms with E-state index in [9.17, 15) is 19.1 Å². The zero-order valence-corrected chi connectivity index (χ0v) is 20.8. The van der Waals surface area contributed by atoms with Crippen molar-refractivity contribution >= 4 is 32.8 Å². The van der Waals surface area contributed by atoms with Gasteiger partial charge in [-0.05, 0) is 12.8 Å². The Morgan fingerprint density at radius 3 is 2.50 bits per heavy atom. The number of phosphoric acid groups is 2. The first-order chi connectivity index (χ1) is 14.7. The predicted molar refractivity (Wildman–Crippen MR) is 117 cm³/mol. The number of anilines is 1. The molecule has 0 radical (unpaired) electrons. The highest BCUT2D eigenvalue weighted by molar-refractivity contribution is 7.60. The molecule has 0 aliphatic rings. The Morgan fingerprint density at radius 1 is 1.28 bits per heavy atom. The van der Waals surface area contributed by atoms with Crippen molar-refractivity contribution < 1.29 is 42.3 Å². The van der Waals surface area contributed by atoms with Crippen LogP contribution in [-0.4, -0.2) is 36.4 Å². The number of aliphatic hydroxyl groups is 1. The lowest BCUT2D eigenvalue weighted by Crippen LogP contribution is -2.41. The fourth-order valence-electron chi connectivity index (χ4n) is 2.90. The van der Waals surface area contributed by atoms with E-state index in [0.717, 1.165) is 17.0 Å². The second-order valence-electron chi connectivity index (χ2n) is 7.32. The maximum Gasteiger partial charge on any atom is 0.481 e. The van der Waals surface area contributed by atoms with E-state index in [2.05, 4.69) is 18.8 Å². The average molecular weight is 511 g/mol. The number of rotatable bonds is 11. The molecular formula is C17H29N4O8P2S+. The van der Waals surface area contributed by atoms with Crippen LogP contribution in [0.2, 0.25) is 0 Å². The van der Waals surface area contributed by atoms with Crippen molar-refractivity contribution in [2.45, 2.75) is 53.2 Å². The summed E-state index contributed by atoms with van der Waals surface area (Å²) in [5.74, 6) is 0.853. The van der Waals surface area contributed by atoms with Crippen LogP contribution >= 0.6 is 27.0 Å². The van der Waals surface area contributed by atoms with Gasteiger partial charge in [-0.3, -0.25) is 4.52 Å². The number of hydrogen-bond acceptors (Lipinski definition) is 9. The third kappa shape index (κ3) is 7.38. The van der Waals surface area contributed by atoms with Crippen LogP contribution in [0, 0.1) is 19.8 Å². The Balaban J connectivity index is 2.30. The Hall–Kier alpha value is -1.27. The van der Waals surface area contributed by atoms with E-state index in [1.54, 1.807) is 13.1 Å². The van der Waals surface area contributed by atoms with Crippen LogP contribution in [0.5, 0.6) is 0 Å². The van der Waals surface area contributed by atoms with Crippen molar-refractivity contribution in [2.24, 2.45) is 5.92 Å².